The molecule has 0 atom stereocenters. The van der Waals surface area contributed by atoms with Gasteiger partial charge in [0.05, 0.1) is 0 Å². The number of rotatable bonds is 0. The van der Waals surface area contributed by atoms with Crippen LogP contribution in [0.3, 0.4) is 0 Å². The Morgan fingerprint density at radius 3 is 1.80 bits per heavy atom. The van der Waals surface area contributed by atoms with Gasteiger partial charge in [-0.2, -0.15) is 0 Å². The molecule has 0 aromatic heterocycles. The van der Waals surface area contributed by atoms with Crippen molar-refractivity contribution >= 4 is 17.2 Å². The number of hydrogen-bond donors (Lipinski definition) is 1. The van der Waals surface area contributed by atoms with Gasteiger partial charge in [-0.15, -0.1) is 12.2 Å². The fraction of sp³-hybridized carbons (Fsp3) is 0. The number of nitrogens with two attached hydrogens (primary N) is 1. The molecule has 0 fully saturated rings. The summed E-state index contributed by atoms with van der Waals surface area (Å²) in [4.78, 5) is 0.250. The van der Waals surface area contributed by atoms with E-state index < -0.39 is 0 Å². The number of hydrogen-bond acceptors (Lipinski definition) is 1. The van der Waals surface area contributed by atoms with Crippen LogP contribution >= 0.6 is 12.2 Å². The van der Waals surface area contributed by atoms with Crippen LogP contribution < -0.4 is 5.73 Å². The Labute approximate surface area is 52.4 Å². The van der Waals surface area contributed by atoms with E-state index in [0.717, 1.165) is 0 Å². The molecule has 0 amide bonds. The van der Waals surface area contributed by atoms with Gasteiger partial charge in [-0.3, -0.25) is 0 Å². The normalized spacial score (nSPS) is 4.80. The van der Waals surface area contributed by atoms with Gasteiger partial charge in [0.15, 0.2) is 0 Å². The average molecular weight is 182 g/mol. The van der Waals surface area contributed by atoms with E-state index in [0.29, 0.717) is 0 Å². The standard InChI is InChI=1S/C2H4NS.Ag/c1-2(3)4;/h1H2,(H2,3,4);/q-1;+1. The maximum atomic E-state index is 4.73. The van der Waals surface area contributed by atoms with Crippen molar-refractivity contribution in [1.82, 2.24) is 0 Å². The van der Waals surface area contributed by atoms with Crippen molar-refractivity contribution in [3.8, 4) is 0 Å². The first-order valence-corrected chi connectivity index (χ1v) is 1.25. The van der Waals surface area contributed by atoms with Gasteiger partial charge in [-0.1, -0.05) is 4.99 Å². The second kappa shape index (κ2) is 4.50. The molecule has 2 N–H and O–H groups in total. The zero-order chi connectivity index (χ0) is 3.58. The summed E-state index contributed by atoms with van der Waals surface area (Å²) in [6.45, 7) is 3.15. The Hall–Kier alpha value is 0.500. The summed E-state index contributed by atoms with van der Waals surface area (Å²) in [7, 11) is 0. The Balaban J connectivity index is 0. The molecule has 0 rings (SSSR count). The second-order valence-electron chi connectivity index (χ2n) is 0.466. The van der Waals surface area contributed by atoms with Crippen LogP contribution in [0.2, 0.25) is 0 Å². The SMILES string of the molecule is [Ag+].[CH2-]C(N)=S. The van der Waals surface area contributed by atoms with Crippen LogP contribution in [0.25, 0.3) is 0 Å². The summed E-state index contributed by atoms with van der Waals surface area (Å²) in [5.41, 5.74) is 4.73. The Bertz CT molecular complexity index is 32.6. The molecule has 1 nitrogen and oxygen atoms in total. The first kappa shape index (κ1) is 9.09. The van der Waals surface area contributed by atoms with Gasteiger partial charge in [0.25, 0.3) is 0 Å². The van der Waals surface area contributed by atoms with Gasteiger partial charge in [-0.05, 0) is 0 Å². The fourth-order valence-corrected chi connectivity index (χ4v) is 0. The van der Waals surface area contributed by atoms with Crippen LogP contribution in [-0.2, 0) is 22.4 Å². The molecule has 0 aliphatic rings. The molecule has 0 aromatic rings. The Kier molecular flexibility index (Phi) is 8.18. The van der Waals surface area contributed by atoms with E-state index in [-0.39, 0.29) is 27.4 Å². The first-order chi connectivity index (χ1) is 1.73. The van der Waals surface area contributed by atoms with Crippen molar-refractivity contribution in [2.24, 2.45) is 5.73 Å². The summed E-state index contributed by atoms with van der Waals surface area (Å²) in [6, 6.07) is 0. The minimum absolute atomic E-state index is 0. The molecular weight excluding hydrogens is 178 g/mol. The van der Waals surface area contributed by atoms with Crippen molar-refractivity contribution in [3.63, 3.8) is 0 Å². The van der Waals surface area contributed by atoms with E-state index in [1.165, 1.54) is 0 Å². The molecule has 5 heavy (non-hydrogen) atoms. The molecule has 0 aromatic carbocycles. The van der Waals surface area contributed by atoms with E-state index >= 15 is 0 Å². The van der Waals surface area contributed by atoms with Gasteiger partial charge < -0.3 is 12.7 Å². The van der Waals surface area contributed by atoms with Crippen LogP contribution in [0.4, 0.5) is 0 Å². The van der Waals surface area contributed by atoms with Gasteiger partial charge in [0.2, 0.25) is 0 Å². The van der Waals surface area contributed by atoms with Crippen LogP contribution in [0.5, 0.6) is 0 Å². The largest absolute Gasteiger partial charge is 1.00 e. The third-order valence-electron chi connectivity index (χ3n) is 0. The molecule has 0 unspecified atom stereocenters. The zero-order valence-corrected chi connectivity index (χ0v) is 4.79. The summed E-state index contributed by atoms with van der Waals surface area (Å²) in [5.74, 6) is 0. The molecule has 0 aliphatic carbocycles. The predicted octanol–water partition coefficient (Wildman–Crippen LogP) is 0.104. The minimum Gasteiger partial charge on any atom is -0.418 e. The predicted molar refractivity (Wildman–Crippen MR) is 22.1 cm³/mol. The van der Waals surface area contributed by atoms with Gasteiger partial charge in [0, 0.05) is 0 Å². The third kappa shape index (κ3) is 112. The maximum absolute atomic E-state index is 4.73. The topological polar surface area (TPSA) is 26.0 Å². The molecule has 0 saturated heterocycles. The Morgan fingerprint density at radius 1 is 1.80 bits per heavy atom. The molecule has 0 radical (unpaired) electrons. The monoisotopic (exact) mass is 181 g/mol. The van der Waals surface area contributed by atoms with Crippen molar-refractivity contribution in [2.75, 3.05) is 0 Å². The molecule has 3 heteroatoms. The van der Waals surface area contributed by atoms with Gasteiger partial charge >= 0.3 is 22.4 Å². The quantitative estimate of drug-likeness (QED) is 0.326. The third-order valence-corrected chi connectivity index (χ3v) is 0. The van der Waals surface area contributed by atoms with Crippen molar-refractivity contribution < 1.29 is 22.4 Å². The van der Waals surface area contributed by atoms with Crippen LogP contribution in [0, 0.1) is 6.92 Å². The molecule has 0 aliphatic heterocycles. The molecule has 34 valence electrons. The molecule has 0 heterocycles. The summed E-state index contributed by atoms with van der Waals surface area (Å²) in [6.07, 6.45) is 0. The summed E-state index contributed by atoms with van der Waals surface area (Å²) in [5, 5.41) is 0. The van der Waals surface area contributed by atoms with E-state index in [4.69, 9.17) is 5.73 Å². The van der Waals surface area contributed by atoms with E-state index in [1.807, 2.05) is 0 Å². The molecule has 0 bridgehead atoms. The molecular formula is C2H4AgNS. The van der Waals surface area contributed by atoms with Crippen molar-refractivity contribution in [1.29, 1.82) is 0 Å². The maximum Gasteiger partial charge on any atom is 1.00 e. The second-order valence-corrected chi connectivity index (χ2v) is 0.991. The van der Waals surface area contributed by atoms with Gasteiger partial charge in [-0.25, -0.2) is 0 Å². The van der Waals surface area contributed by atoms with Crippen molar-refractivity contribution in [3.05, 3.63) is 6.92 Å². The molecule has 0 saturated carbocycles. The van der Waals surface area contributed by atoms with E-state index in [1.54, 1.807) is 0 Å². The molecule has 0 spiro atoms. The van der Waals surface area contributed by atoms with Gasteiger partial charge in [0.1, 0.15) is 0 Å². The fourth-order valence-electron chi connectivity index (χ4n) is 0. The summed E-state index contributed by atoms with van der Waals surface area (Å²) < 4.78 is 0. The summed E-state index contributed by atoms with van der Waals surface area (Å²) >= 11 is 4.20. The van der Waals surface area contributed by atoms with E-state index in [9.17, 15) is 0 Å². The van der Waals surface area contributed by atoms with Crippen LogP contribution in [0.15, 0.2) is 0 Å². The minimum atomic E-state index is 0. The average Bonchev–Trinajstić information content (AvgIpc) is 0.811. The first-order valence-electron chi connectivity index (χ1n) is 0.846. The van der Waals surface area contributed by atoms with Crippen molar-refractivity contribution in [2.45, 2.75) is 0 Å². The smallest absolute Gasteiger partial charge is 0.418 e. The van der Waals surface area contributed by atoms with Crippen LogP contribution in [0.1, 0.15) is 0 Å². The Morgan fingerprint density at radius 2 is 1.80 bits per heavy atom. The van der Waals surface area contributed by atoms with E-state index in [2.05, 4.69) is 19.1 Å². The van der Waals surface area contributed by atoms with Crippen LogP contribution in [-0.4, -0.2) is 4.99 Å². The zero-order valence-electron chi connectivity index (χ0n) is 2.49. The number of thiocarbonyl (C=S) groups is 1.